The van der Waals surface area contributed by atoms with Gasteiger partial charge in [-0.25, -0.2) is 0 Å². The summed E-state index contributed by atoms with van der Waals surface area (Å²) in [7, 11) is 0. The maximum Gasteiger partial charge on any atom is 0.0848 e. The number of hydrogen-bond acceptors (Lipinski definition) is 2. The minimum atomic E-state index is -0.586. The summed E-state index contributed by atoms with van der Waals surface area (Å²) in [6.07, 6.45) is 4.80. The smallest absolute Gasteiger partial charge is 0.0848 e. The number of hydrogen-bond donors (Lipinski definition) is 1. The molecule has 0 saturated heterocycles. The SMILES string of the molecule is CCC1CCCC1(O)Cc1c(Cl)c(C)nn1CC. The van der Waals surface area contributed by atoms with Crippen LogP contribution in [-0.4, -0.2) is 20.5 Å². The molecule has 3 nitrogen and oxygen atoms in total. The van der Waals surface area contributed by atoms with E-state index in [1.54, 1.807) is 0 Å². The van der Waals surface area contributed by atoms with Gasteiger partial charge in [0.25, 0.3) is 0 Å². The van der Waals surface area contributed by atoms with Crippen LogP contribution in [0, 0.1) is 12.8 Å². The summed E-state index contributed by atoms with van der Waals surface area (Å²) in [6, 6.07) is 0. The molecule has 2 unspecified atom stereocenters. The molecule has 0 amide bonds. The molecule has 0 aromatic carbocycles. The number of nitrogens with zero attached hydrogens (tertiary/aromatic N) is 2. The Morgan fingerprint density at radius 1 is 1.50 bits per heavy atom. The molecule has 4 heteroatoms. The lowest BCUT2D eigenvalue weighted by molar-refractivity contribution is -0.000238. The van der Waals surface area contributed by atoms with Gasteiger partial charge in [-0.3, -0.25) is 4.68 Å². The van der Waals surface area contributed by atoms with Crippen LogP contribution in [0.3, 0.4) is 0 Å². The Morgan fingerprint density at radius 2 is 2.22 bits per heavy atom. The molecule has 0 spiro atoms. The fourth-order valence-corrected chi connectivity index (χ4v) is 3.47. The first-order chi connectivity index (χ1) is 8.51. The number of aromatic nitrogens is 2. The van der Waals surface area contributed by atoms with Crippen molar-refractivity contribution >= 4 is 11.6 Å². The maximum atomic E-state index is 10.9. The van der Waals surface area contributed by atoms with E-state index in [9.17, 15) is 5.11 Å². The van der Waals surface area contributed by atoms with Crippen LogP contribution >= 0.6 is 11.6 Å². The molecule has 0 aliphatic heterocycles. The molecule has 1 aliphatic rings. The Kier molecular flexibility index (Phi) is 4.02. The molecule has 1 aliphatic carbocycles. The average molecular weight is 271 g/mol. The lowest BCUT2D eigenvalue weighted by Crippen LogP contribution is -2.36. The van der Waals surface area contributed by atoms with Crippen molar-refractivity contribution in [1.82, 2.24) is 9.78 Å². The largest absolute Gasteiger partial charge is 0.389 e. The highest BCUT2D eigenvalue weighted by Crippen LogP contribution is 2.41. The summed E-state index contributed by atoms with van der Waals surface area (Å²) >= 11 is 6.33. The van der Waals surface area contributed by atoms with E-state index in [0.717, 1.165) is 48.6 Å². The molecule has 1 aromatic heterocycles. The molecule has 1 saturated carbocycles. The monoisotopic (exact) mass is 270 g/mol. The highest BCUT2D eigenvalue weighted by molar-refractivity contribution is 6.31. The van der Waals surface area contributed by atoms with Gasteiger partial charge in [0.15, 0.2) is 0 Å². The molecule has 1 N–H and O–H groups in total. The zero-order chi connectivity index (χ0) is 13.3. The number of halogens is 1. The summed E-state index contributed by atoms with van der Waals surface area (Å²) in [5.41, 5.74) is 1.28. The Morgan fingerprint density at radius 3 is 2.83 bits per heavy atom. The van der Waals surface area contributed by atoms with Crippen molar-refractivity contribution < 1.29 is 5.11 Å². The van der Waals surface area contributed by atoms with Gasteiger partial charge in [-0.1, -0.05) is 31.4 Å². The molecular weight excluding hydrogens is 248 g/mol. The third-order valence-electron chi connectivity index (χ3n) is 4.34. The molecule has 0 bridgehead atoms. The Hall–Kier alpha value is -0.540. The summed E-state index contributed by atoms with van der Waals surface area (Å²) in [4.78, 5) is 0. The van der Waals surface area contributed by atoms with Gasteiger partial charge in [0, 0.05) is 13.0 Å². The van der Waals surface area contributed by atoms with Crippen molar-refractivity contribution in [2.75, 3.05) is 0 Å². The van der Waals surface area contributed by atoms with E-state index in [2.05, 4.69) is 18.9 Å². The van der Waals surface area contributed by atoms with Gasteiger partial charge in [-0.05, 0) is 32.6 Å². The van der Waals surface area contributed by atoms with E-state index < -0.39 is 5.60 Å². The number of aryl methyl sites for hydroxylation is 2. The van der Waals surface area contributed by atoms with Crippen LogP contribution in [0.1, 0.15) is 50.9 Å². The Bertz CT molecular complexity index is 430. The predicted octanol–water partition coefficient (Wildman–Crippen LogP) is 3.35. The summed E-state index contributed by atoms with van der Waals surface area (Å²) < 4.78 is 1.93. The van der Waals surface area contributed by atoms with Crippen LogP contribution in [0.25, 0.3) is 0 Å². The topological polar surface area (TPSA) is 38.1 Å². The van der Waals surface area contributed by atoms with Crippen molar-refractivity contribution in [3.8, 4) is 0 Å². The third kappa shape index (κ3) is 2.30. The molecule has 2 rings (SSSR count). The van der Waals surface area contributed by atoms with E-state index in [1.165, 1.54) is 0 Å². The first kappa shape index (κ1) is 13.9. The standard InChI is InChI=1S/C14H23ClN2O/c1-4-11-7-6-8-14(11,18)9-12-13(15)10(3)16-17(12)5-2/h11,18H,4-9H2,1-3H3. The van der Waals surface area contributed by atoms with Crippen LogP contribution < -0.4 is 0 Å². The number of aliphatic hydroxyl groups is 1. The minimum absolute atomic E-state index is 0.397. The lowest BCUT2D eigenvalue weighted by atomic mass is 9.84. The molecular formula is C14H23ClN2O. The fraction of sp³-hybridized carbons (Fsp3) is 0.786. The number of rotatable bonds is 4. The van der Waals surface area contributed by atoms with E-state index in [4.69, 9.17) is 11.6 Å². The lowest BCUT2D eigenvalue weighted by Gasteiger charge is -2.29. The molecule has 102 valence electrons. The van der Waals surface area contributed by atoms with Crippen LogP contribution in [0.15, 0.2) is 0 Å². The Labute approximate surface area is 114 Å². The summed E-state index contributed by atoms with van der Waals surface area (Å²) in [5, 5.41) is 16.0. The Balaban J connectivity index is 2.28. The van der Waals surface area contributed by atoms with Gasteiger partial charge in [-0.2, -0.15) is 5.10 Å². The quantitative estimate of drug-likeness (QED) is 0.911. The van der Waals surface area contributed by atoms with Gasteiger partial charge in [0.2, 0.25) is 0 Å². The maximum absolute atomic E-state index is 10.9. The zero-order valence-electron chi connectivity index (χ0n) is 11.5. The minimum Gasteiger partial charge on any atom is -0.389 e. The first-order valence-electron chi connectivity index (χ1n) is 6.96. The zero-order valence-corrected chi connectivity index (χ0v) is 12.3. The van der Waals surface area contributed by atoms with Crippen molar-refractivity contribution in [1.29, 1.82) is 0 Å². The van der Waals surface area contributed by atoms with Crippen molar-refractivity contribution in [2.45, 2.75) is 65.0 Å². The molecule has 0 radical (unpaired) electrons. The molecule has 1 aromatic rings. The van der Waals surface area contributed by atoms with Gasteiger partial charge in [0.1, 0.15) is 0 Å². The molecule has 2 atom stereocenters. The highest BCUT2D eigenvalue weighted by Gasteiger charge is 2.41. The normalized spacial score (nSPS) is 27.9. The van der Waals surface area contributed by atoms with Gasteiger partial charge in [0.05, 0.1) is 22.0 Å². The predicted molar refractivity (Wildman–Crippen MR) is 73.9 cm³/mol. The van der Waals surface area contributed by atoms with E-state index in [0.29, 0.717) is 12.3 Å². The fourth-order valence-electron chi connectivity index (χ4n) is 3.27. The third-order valence-corrected chi connectivity index (χ3v) is 4.83. The summed E-state index contributed by atoms with van der Waals surface area (Å²) in [6.45, 7) is 6.94. The van der Waals surface area contributed by atoms with E-state index >= 15 is 0 Å². The second-order valence-corrected chi connectivity index (χ2v) is 5.82. The molecule has 18 heavy (non-hydrogen) atoms. The van der Waals surface area contributed by atoms with Crippen LogP contribution in [0.5, 0.6) is 0 Å². The van der Waals surface area contributed by atoms with E-state index in [-0.39, 0.29) is 0 Å². The molecule has 1 heterocycles. The van der Waals surface area contributed by atoms with Crippen molar-refractivity contribution in [3.63, 3.8) is 0 Å². The second-order valence-electron chi connectivity index (χ2n) is 5.44. The second kappa shape index (κ2) is 5.22. The van der Waals surface area contributed by atoms with Crippen LogP contribution in [-0.2, 0) is 13.0 Å². The average Bonchev–Trinajstić information content (AvgIpc) is 2.84. The first-order valence-corrected chi connectivity index (χ1v) is 7.33. The van der Waals surface area contributed by atoms with Gasteiger partial charge in [-0.15, -0.1) is 0 Å². The summed E-state index contributed by atoms with van der Waals surface area (Å²) in [5.74, 6) is 0.397. The van der Waals surface area contributed by atoms with Crippen LogP contribution in [0.4, 0.5) is 0 Å². The van der Waals surface area contributed by atoms with Crippen LogP contribution in [0.2, 0.25) is 5.02 Å². The van der Waals surface area contributed by atoms with Gasteiger partial charge < -0.3 is 5.11 Å². The van der Waals surface area contributed by atoms with Gasteiger partial charge >= 0.3 is 0 Å². The van der Waals surface area contributed by atoms with Crippen molar-refractivity contribution in [3.05, 3.63) is 16.4 Å². The van der Waals surface area contributed by atoms with Crippen molar-refractivity contribution in [2.24, 2.45) is 5.92 Å². The molecule has 1 fully saturated rings. The highest BCUT2D eigenvalue weighted by atomic mass is 35.5. The van der Waals surface area contributed by atoms with E-state index in [1.807, 2.05) is 11.6 Å².